The molecule has 0 amide bonds. The summed E-state index contributed by atoms with van der Waals surface area (Å²) < 4.78 is 12.9. The Bertz CT molecular complexity index is 418. The van der Waals surface area contributed by atoms with Gasteiger partial charge < -0.3 is 4.79 Å². The molecule has 0 aliphatic heterocycles. The number of aldehydes is 1. The van der Waals surface area contributed by atoms with E-state index in [2.05, 4.69) is 0 Å². The summed E-state index contributed by atoms with van der Waals surface area (Å²) >= 11 is 0. The van der Waals surface area contributed by atoms with Gasteiger partial charge in [-0.2, -0.15) is 5.26 Å². The molecule has 0 unspecified atom stereocenters. The van der Waals surface area contributed by atoms with Gasteiger partial charge in [0.15, 0.2) is 0 Å². The lowest BCUT2D eigenvalue weighted by atomic mass is 10.0. The van der Waals surface area contributed by atoms with Crippen LogP contribution in [0.1, 0.15) is 17.5 Å². The number of rotatable bonds is 4. The lowest BCUT2D eigenvalue weighted by Crippen LogP contribution is -1.88. The first-order valence-corrected chi connectivity index (χ1v) is 4.53. The van der Waals surface area contributed by atoms with Crippen LogP contribution in [0.2, 0.25) is 0 Å². The van der Waals surface area contributed by atoms with Crippen LogP contribution in [0.5, 0.6) is 0 Å². The molecule has 0 N–H and O–H groups in total. The van der Waals surface area contributed by atoms with Crippen molar-refractivity contribution in [2.45, 2.75) is 12.8 Å². The average Bonchev–Trinajstić information content (AvgIpc) is 2.22. The first-order valence-electron chi connectivity index (χ1n) is 4.53. The van der Waals surface area contributed by atoms with Gasteiger partial charge in [0.1, 0.15) is 12.1 Å². The summed E-state index contributed by atoms with van der Waals surface area (Å²) in [6, 6.07) is 6.27. The fourth-order valence-corrected chi connectivity index (χ4v) is 1.22. The van der Waals surface area contributed by atoms with Gasteiger partial charge in [-0.25, -0.2) is 4.39 Å². The quantitative estimate of drug-likeness (QED) is 0.705. The predicted octanol–water partition coefficient (Wildman–Crippen LogP) is 2.49. The highest BCUT2D eigenvalue weighted by Crippen LogP contribution is 2.13. The summed E-state index contributed by atoms with van der Waals surface area (Å²) in [5, 5.41) is 8.56. The molecule has 0 heterocycles. The molecule has 0 saturated heterocycles. The zero-order valence-corrected chi connectivity index (χ0v) is 8.11. The van der Waals surface area contributed by atoms with Gasteiger partial charge in [0.05, 0.1) is 12.5 Å². The Morgan fingerprint density at radius 2 is 2.27 bits per heavy atom. The van der Waals surface area contributed by atoms with Crippen LogP contribution in [0.4, 0.5) is 4.39 Å². The first-order chi connectivity index (χ1) is 7.27. The summed E-state index contributed by atoms with van der Waals surface area (Å²) in [5.41, 5.74) is 1.42. The third kappa shape index (κ3) is 3.35. The number of carbonyl (C=O) groups is 1. The largest absolute Gasteiger partial charge is 0.303 e. The fourth-order valence-electron chi connectivity index (χ4n) is 1.22. The molecule has 15 heavy (non-hydrogen) atoms. The van der Waals surface area contributed by atoms with E-state index in [0.29, 0.717) is 12.0 Å². The van der Waals surface area contributed by atoms with Gasteiger partial charge in [0.2, 0.25) is 0 Å². The fraction of sp³-hybridized carbons (Fsp3) is 0.167. The minimum Gasteiger partial charge on any atom is -0.303 e. The van der Waals surface area contributed by atoms with E-state index in [0.717, 1.165) is 11.8 Å². The minimum absolute atomic E-state index is 0.237. The van der Waals surface area contributed by atoms with Crippen LogP contribution >= 0.6 is 0 Å². The standard InChI is InChI=1S/C12H10FNO/c13-12-5-4-10(6-7-14)11(9-12)3-1-2-8-15/h1,3-5,8-9H,2,6H2. The minimum atomic E-state index is -0.345. The predicted molar refractivity (Wildman–Crippen MR) is 55.4 cm³/mol. The maximum atomic E-state index is 12.9. The summed E-state index contributed by atoms with van der Waals surface area (Å²) in [5.74, 6) is -0.345. The van der Waals surface area contributed by atoms with E-state index in [1.165, 1.54) is 12.1 Å². The van der Waals surface area contributed by atoms with Crippen LogP contribution in [0.15, 0.2) is 24.3 Å². The molecule has 0 aliphatic carbocycles. The maximum absolute atomic E-state index is 12.9. The Kier molecular flexibility index (Phi) is 4.24. The summed E-state index contributed by atoms with van der Waals surface area (Å²) in [7, 11) is 0. The van der Waals surface area contributed by atoms with E-state index in [9.17, 15) is 9.18 Å². The molecule has 0 saturated carbocycles. The highest BCUT2D eigenvalue weighted by molar-refractivity contribution is 5.60. The average molecular weight is 203 g/mol. The second kappa shape index (κ2) is 5.71. The number of hydrogen-bond donors (Lipinski definition) is 0. The van der Waals surface area contributed by atoms with Gasteiger partial charge in [-0.05, 0) is 23.3 Å². The first kappa shape index (κ1) is 11.1. The van der Waals surface area contributed by atoms with Gasteiger partial charge >= 0.3 is 0 Å². The van der Waals surface area contributed by atoms with Gasteiger partial charge in [0.25, 0.3) is 0 Å². The Morgan fingerprint density at radius 1 is 1.47 bits per heavy atom. The SMILES string of the molecule is N#CCc1ccc(F)cc1C=CCC=O. The van der Waals surface area contributed by atoms with E-state index in [1.807, 2.05) is 6.07 Å². The van der Waals surface area contributed by atoms with Crippen molar-refractivity contribution < 1.29 is 9.18 Å². The molecule has 76 valence electrons. The zero-order chi connectivity index (χ0) is 11.1. The van der Waals surface area contributed by atoms with Crippen molar-refractivity contribution in [3.8, 4) is 6.07 Å². The van der Waals surface area contributed by atoms with Crippen LogP contribution < -0.4 is 0 Å². The van der Waals surface area contributed by atoms with Crippen LogP contribution in [-0.4, -0.2) is 6.29 Å². The van der Waals surface area contributed by atoms with Gasteiger partial charge in [-0.15, -0.1) is 0 Å². The lowest BCUT2D eigenvalue weighted by Gasteiger charge is -2.01. The molecule has 3 heteroatoms. The lowest BCUT2D eigenvalue weighted by molar-refractivity contribution is -0.107. The van der Waals surface area contributed by atoms with Crippen molar-refractivity contribution in [3.05, 3.63) is 41.2 Å². The Balaban J connectivity index is 2.97. The topological polar surface area (TPSA) is 40.9 Å². The zero-order valence-electron chi connectivity index (χ0n) is 8.11. The van der Waals surface area contributed by atoms with Crippen molar-refractivity contribution in [2.75, 3.05) is 0 Å². The van der Waals surface area contributed by atoms with Gasteiger partial charge in [0, 0.05) is 6.42 Å². The second-order valence-electron chi connectivity index (χ2n) is 2.98. The number of carbonyl (C=O) groups excluding carboxylic acids is 1. The number of nitriles is 1. The molecule has 2 nitrogen and oxygen atoms in total. The molecule has 0 spiro atoms. The molecule has 0 atom stereocenters. The highest BCUT2D eigenvalue weighted by Gasteiger charge is 2.00. The Hall–Kier alpha value is -1.95. The molecule has 0 bridgehead atoms. The smallest absolute Gasteiger partial charge is 0.123 e. The van der Waals surface area contributed by atoms with Crippen molar-refractivity contribution in [3.63, 3.8) is 0 Å². The van der Waals surface area contributed by atoms with Crippen LogP contribution in [0.25, 0.3) is 6.08 Å². The van der Waals surface area contributed by atoms with Gasteiger partial charge in [-0.1, -0.05) is 18.2 Å². The molecule has 0 aliphatic rings. The van der Waals surface area contributed by atoms with E-state index < -0.39 is 0 Å². The third-order valence-electron chi connectivity index (χ3n) is 1.91. The maximum Gasteiger partial charge on any atom is 0.123 e. The molecule has 0 fully saturated rings. The molecule has 1 aromatic rings. The van der Waals surface area contributed by atoms with Crippen LogP contribution in [0.3, 0.4) is 0 Å². The van der Waals surface area contributed by atoms with E-state index in [-0.39, 0.29) is 12.2 Å². The summed E-state index contributed by atoms with van der Waals surface area (Å²) in [4.78, 5) is 10.1. The molecule has 1 aromatic carbocycles. The molecule has 1 rings (SSSR count). The van der Waals surface area contributed by atoms with Crippen molar-refractivity contribution >= 4 is 12.4 Å². The van der Waals surface area contributed by atoms with Crippen LogP contribution in [-0.2, 0) is 11.2 Å². The number of benzene rings is 1. The second-order valence-corrected chi connectivity index (χ2v) is 2.98. The molecular weight excluding hydrogens is 193 g/mol. The van der Waals surface area contributed by atoms with Crippen molar-refractivity contribution in [1.29, 1.82) is 5.26 Å². The summed E-state index contributed by atoms with van der Waals surface area (Å²) in [6.07, 6.45) is 4.59. The third-order valence-corrected chi connectivity index (χ3v) is 1.91. The molecule has 0 radical (unpaired) electrons. The number of hydrogen-bond acceptors (Lipinski definition) is 2. The van der Waals surface area contributed by atoms with E-state index >= 15 is 0 Å². The van der Waals surface area contributed by atoms with Crippen molar-refractivity contribution in [2.24, 2.45) is 0 Å². The Labute approximate surface area is 87.7 Å². The number of halogens is 1. The van der Waals surface area contributed by atoms with Crippen LogP contribution in [0, 0.1) is 17.1 Å². The monoisotopic (exact) mass is 203 g/mol. The molecular formula is C12H10FNO. The van der Waals surface area contributed by atoms with Crippen molar-refractivity contribution in [1.82, 2.24) is 0 Å². The number of nitrogens with zero attached hydrogens (tertiary/aromatic N) is 1. The normalized spacial score (nSPS) is 10.1. The summed E-state index contributed by atoms with van der Waals surface area (Å²) in [6.45, 7) is 0. The van der Waals surface area contributed by atoms with E-state index in [4.69, 9.17) is 5.26 Å². The Morgan fingerprint density at radius 3 is 2.93 bits per heavy atom. The number of allylic oxidation sites excluding steroid dienone is 1. The highest BCUT2D eigenvalue weighted by atomic mass is 19.1. The van der Waals surface area contributed by atoms with E-state index in [1.54, 1.807) is 18.2 Å². The van der Waals surface area contributed by atoms with Gasteiger partial charge in [-0.3, -0.25) is 0 Å². The molecule has 0 aromatic heterocycles.